The monoisotopic (exact) mass is 248 g/mol. The summed E-state index contributed by atoms with van der Waals surface area (Å²) in [7, 11) is 1.70. The number of aryl methyl sites for hydroxylation is 1. The van der Waals surface area contributed by atoms with Gasteiger partial charge in [0.25, 0.3) is 0 Å². The molecule has 0 spiro atoms. The van der Waals surface area contributed by atoms with Crippen molar-refractivity contribution in [3.8, 4) is 5.75 Å². The largest absolute Gasteiger partial charge is 0.497 e. The molecule has 100 valence electrons. The average Bonchev–Trinajstić information content (AvgIpc) is 3.16. The van der Waals surface area contributed by atoms with E-state index in [0.717, 1.165) is 23.8 Å². The molecule has 0 heterocycles. The van der Waals surface area contributed by atoms with E-state index in [1.165, 1.54) is 18.4 Å². The first-order chi connectivity index (χ1) is 8.56. The molecule has 1 unspecified atom stereocenters. The highest BCUT2D eigenvalue weighted by Crippen LogP contribution is 2.38. The first-order valence-corrected chi connectivity index (χ1v) is 6.69. The van der Waals surface area contributed by atoms with E-state index in [-0.39, 0.29) is 5.54 Å². The van der Waals surface area contributed by atoms with Crippen molar-refractivity contribution in [2.24, 2.45) is 11.7 Å². The third kappa shape index (κ3) is 3.16. The van der Waals surface area contributed by atoms with Crippen molar-refractivity contribution in [3.05, 3.63) is 23.8 Å². The van der Waals surface area contributed by atoms with E-state index in [2.05, 4.69) is 31.3 Å². The van der Waals surface area contributed by atoms with Crippen molar-refractivity contribution in [2.45, 2.75) is 38.6 Å². The van der Waals surface area contributed by atoms with Crippen LogP contribution in [0.25, 0.3) is 0 Å². The third-order valence-electron chi connectivity index (χ3n) is 3.77. The molecule has 3 nitrogen and oxygen atoms in total. The molecule has 0 aliphatic heterocycles. The summed E-state index contributed by atoms with van der Waals surface area (Å²) >= 11 is 0. The zero-order valence-corrected chi connectivity index (χ0v) is 11.6. The third-order valence-corrected chi connectivity index (χ3v) is 3.77. The highest BCUT2D eigenvalue weighted by molar-refractivity contribution is 5.56. The molecule has 1 aliphatic rings. The molecular formula is C15H24N2O. The minimum absolute atomic E-state index is 0.0156. The smallest absolute Gasteiger partial charge is 0.120 e. The molecule has 1 atom stereocenters. The summed E-state index contributed by atoms with van der Waals surface area (Å²) in [4.78, 5) is 0. The van der Waals surface area contributed by atoms with Gasteiger partial charge in [-0.05, 0) is 37.8 Å². The number of hydrogen-bond acceptors (Lipinski definition) is 3. The second kappa shape index (κ2) is 5.19. The van der Waals surface area contributed by atoms with Gasteiger partial charge >= 0.3 is 0 Å². The number of anilines is 1. The number of nitrogens with one attached hydrogen (secondary N) is 1. The molecule has 1 aromatic carbocycles. The van der Waals surface area contributed by atoms with E-state index < -0.39 is 0 Å². The van der Waals surface area contributed by atoms with Gasteiger partial charge in [0.2, 0.25) is 0 Å². The van der Waals surface area contributed by atoms with Crippen molar-refractivity contribution in [2.75, 3.05) is 19.0 Å². The molecule has 1 aromatic rings. The number of methoxy groups -OCH3 is 1. The molecule has 18 heavy (non-hydrogen) atoms. The van der Waals surface area contributed by atoms with Gasteiger partial charge in [0.15, 0.2) is 0 Å². The fourth-order valence-electron chi connectivity index (χ4n) is 2.33. The maximum Gasteiger partial charge on any atom is 0.120 e. The highest BCUT2D eigenvalue weighted by atomic mass is 16.5. The van der Waals surface area contributed by atoms with Crippen LogP contribution in [-0.4, -0.2) is 19.2 Å². The Morgan fingerprint density at radius 1 is 1.44 bits per heavy atom. The summed E-state index contributed by atoms with van der Waals surface area (Å²) in [5.41, 5.74) is 8.30. The predicted molar refractivity (Wildman–Crippen MR) is 76.2 cm³/mol. The lowest BCUT2D eigenvalue weighted by Crippen LogP contribution is -2.43. The summed E-state index contributed by atoms with van der Waals surface area (Å²) in [5, 5.41) is 3.61. The molecule has 3 heteroatoms. The summed E-state index contributed by atoms with van der Waals surface area (Å²) in [6.45, 7) is 4.97. The summed E-state index contributed by atoms with van der Waals surface area (Å²) in [6, 6.07) is 6.12. The van der Waals surface area contributed by atoms with E-state index in [0.29, 0.717) is 6.54 Å². The molecular weight excluding hydrogens is 224 g/mol. The van der Waals surface area contributed by atoms with Crippen molar-refractivity contribution < 1.29 is 4.74 Å². The van der Waals surface area contributed by atoms with Crippen LogP contribution in [0.3, 0.4) is 0 Å². The van der Waals surface area contributed by atoms with Crippen molar-refractivity contribution >= 4 is 5.69 Å². The molecule has 0 aromatic heterocycles. The van der Waals surface area contributed by atoms with Gasteiger partial charge in [0, 0.05) is 23.8 Å². The van der Waals surface area contributed by atoms with Crippen LogP contribution >= 0.6 is 0 Å². The molecule has 0 amide bonds. The summed E-state index contributed by atoms with van der Waals surface area (Å²) < 4.78 is 5.28. The minimum atomic E-state index is -0.0156. The number of hydrogen-bond donors (Lipinski definition) is 2. The Hall–Kier alpha value is -1.22. The van der Waals surface area contributed by atoms with Gasteiger partial charge in [-0.2, -0.15) is 0 Å². The van der Waals surface area contributed by atoms with Gasteiger partial charge in [-0.25, -0.2) is 0 Å². The Balaban J connectivity index is 2.14. The summed E-state index contributed by atoms with van der Waals surface area (Å²) in [6.07, 6.45) is 3.86. The van der Waals surface area contributed by atoms with Gasteiger partial charge in [-0.15, -0.1) is 0 Å². The Bertz CT molecular complexity index is 415. The topological polar surface area (TPSA) is 47.3 Å². The van der Waals surface area contributed by atoms with Crippen molar-refractivity contribution in [3.63, 3.8) is 0 Å². The average molecular weight is 248 g/mol. The minimum Gasteiger partial charge on any atom is -0.497 e. The fourth-order valence-corrected chi connectivity index (χ4v) is 2.33. The number of rotatable bonds is 6. The Morgan fingerprint density at radius 2 is 2.17 bits per heavy atom. The molecule has 1 aliphatic carbocycles. The van der Waals surface area contributed by atoms with E-state index in [1.807, 2.05) is 6.07 Å². The first-order valence-electron chi connectivity index (χ1n) is 6.69. The molecule has 0 radical (unpaired) electrons. The van der Waals surface area contributed by atoms with Crippen LogP contribution in [-0.2, 0) is 0 Å². The van der Waals surface area contributed by atoms with Gasteiger partial charge in [0.05, 0.1) is 7.11 Å². The molecule has 0 bridgehead atoms. The zero-order chi connectivity index (χ0) is 13.2. The molecule has 1 saturated carbocycles. The number of nitrogens with two attached hydrogens (primary N) is 1. The second-order valence-electron chi connectivity index (χ2n) is 5.72. The van der Waals surface area contributed by atoms with Crippen molar-refractivity contribution in [1.29, 1.82) is 0 Å². The zero-order valence-electron chi connectivity index (χ0n) is 11.6. The SMILES string of the molecule is COc1ccc(C)c(NC(C)(CN)CC2CC2)c1. The maximum atomic E-state index is 5.96. The van der Waals surface area contributed by atoms with E-state index in [1.54, 1.807) is 7.11 Å². The van der Waals surface area contributed by atoms with Gasteiger partial charge < -0.3 is 15.8 Å². The van der Waals surface area contributed by atoms with Crippen LogP contribution in [0.4, 0.5) is 5.69 Å². The molecule has 2 rings (SSSR count). The van der Waals surface area contributed by atoms with Gasteiger partial charge in [-0.1, -0.05) is 18.9 Å². The standard InChI is InChI=1S/C15H24N2O/c1-11-4-7-13(18-3)8-14(11)17-15(2,10-16)9-12-5-6-12/h4,7-8,12,17H,5-6,9-10,16H2,1-3H3. The quantitative estimate of drug-likeness (QED) is 0.813. The predicted octanol–water partition coefficient (Wildman–Crippen LogP) is 2.93. The van der Waals surface area contributed by atoms with E-state index >= 15 is 0 Å². The molecule has 3 N–H and O–H groups in total. The Kier molecular flexibility index (Phi) is 3.81. The highest BCUT2D eigenvalue weighted by Gasteiger charge is 2.32. The normalized spacial score (nSPS) is 18.2. The van der Waals surface area contributed by atoms with Crippen LogP contribution in [0.15, 0.2) is 18.2 Å². The Labute approximate surface area is 110 Å². The lowest BCUT2D eigenvalue weighted by molar-refractivity contribution is 0.414. The lowest BCUT2D eigenvalue weighted by atomic mass is 9.94. The second-order valence-corrected chi connectivity index (χ2v) is 5.72. The first kappa shape index (κ1) is 13.2. The van der Waals surface area contributed by atoms with Crippen LogP contribution in [0.5, 0.6) is 5.75 Å². The van der Waals surface area contributed by atoms with E-state index in [4.69, 9.17) is 10.5 Å². The van der Waals surface area contributed by atoms with E-state index in [9.17, 15) is 0 Å². The van der Waals surface area contributed by atoms with Gasteiger partial charge in [-0.3, -0.25) is 0 Å². The molecule has 1 fully saturated rings. The van der Waals surface area contributed by atoms with Crippen molar-refractivity contribution in [1.82, 2.24) is 0 Å². The number of benzene rings is 1. The number of ether oxygens (including phenoxy) is 1. The van der Waals surface area contributed by atoms with Crippen LogP contribution in [0, 0.1) is 12.8 Å². The Morgan fingerprint density at radius 3 is 2.72 bits per heavy atom. The fraction of sp³-hybridized carbons (Fsp3) is 0.600. The van der Waals surface area contributed by atoms with Crippen LogP contribution in [0.2, 0.25) is 0 Å². The van der Waals surface area contributed by atoms with Crippen LogP contribution in [0.1, 0.15) is 31.7 Å². The molecule has 0 saturated heterocycles. The van der Waals surface area contributed by atoms with Crippen LogP contribution < -0.4 is 15.8 Å². The lowest BCUT2D eigenvalue weighted by Gasteiger charge is -2.31. The summed E-state index contributed by atoms with van der Waals surface area (Å²) in [5.74, 6) is 1.74. The maximum absolute atomic E-state index is 5.96. The van der Waals surface area contributed by atoms with Gasteiger partial charge in [0.1, 0.15) is 5.75 Å².